The van der Waals surface area contributed by atoms with Crippen molar-refractivity contribution in [2.75, 3.05) is 13.7 Å². The van der Waals surface area contributed by atoms with Crippen molar-refractivity contribution in [1.82, 2.24) is 21.4 Å². The molecule has 10 nitrogen and oxygen atoms in total. The summed E-state index contributed by atoms with van der Waals surface area (Å²) in [5.74, 6) is -2.57. The summed E-state index contributed by atoms with van der Waals surface area (Å²) in [6, 6.07) is 20.5. The minimum Gasteiger partial charge on any atom is -0.382 e. The number of hydrogen-bond acceptors (Lipinski definition) is 6. The molecule has 0 bridgehead atoms. The SMILES string of the molecule is COC[C@H](NC(=O)[C@H](CC(=O)NO)NC(=O)CCc1ccccc1)C(=O)NCc1cccc2ccccc12. The van der Waals surface area contributed by atoms with E-state index in [1.807, 2.05) is 72.8 Å². The quantitative estimate of drug-likeness (QED) is 0.171. The number of ether oxygens (including phenoxy) is 1. The molecule has 10 heteroatoms. The summed E-state index contributed by atoms with van der Waals surface area (Å²) < 4.78 is 5.12. The van der Waals surface area contributed by atoms with Crippen molar-refractivity contribution >= 4 is 34.4 Å². The standard InChI is InChI=1S/C28H32N4O6/c1-38-18-24(27(35)29-17-21-12-7-11-20-10-5-6-13-22(20)21)31-28(36)23(16-26(34)32-37)30-25(33)15-14-19-8-3-2-4-9-19/h2-13,23-24,37H,14-18H2,1H3,(H,29,35)(H,30,33)(H,31,36)(H,32,34)/t23-,24-/m0/s1. The Morgan fingerprint density at radius 3 is 2.26 bits per heavy atom. The van der Waals surface area contributed by atoms with Gasteiger partial charge in [0.2, 0.25) is 23.6 Å². The molecule has 0 aliphatic carbocycles. The van der Waals surface area contributed by atoms with Crippen molar-refractivity contribution in [1.29, 1.82) is 0 Å². The average Bonchev–Trinajstić information content (AvgIpc) is 2.94. The lowest BCUT2D eigenvalue weighted by atomic mass is 10.0. The minimum atomic E-state index is -1.31. The van der Waals surface area contributed by atoms with E-state index in [0.29, 0.717) is 6.42 Å². The highest BCUT2D eigenvalue weighted by molar-refractivity contribution is 5.95. The normalized spacial score (nSPS) is 12.3. The molecule has 200 valence electrons. The molecule has 0 spiro atoms. The maximum Gasteiger partial charge on any atom is 0.245 e. The molecule has 3 rings (SSSR count). The molecule has 0 saturated heterocycles. The van der Waals surface area contributed by atoms with Crippen molar-refractivity contribution in [2.45, 2.75) is 37.9 Å². The number of methoxy groups -OCH3 is 1. The highest BCUT2D eigenvalue weighted by Crippen LogP contribution is 2.18. The number of rotatable bonds is 13. The molecule has 4 amide bonds. The van der Waals surface area contributed by atoms with Crippen LogP contribution >= 0.6 is 0 Å². The number of nitrogens with one attached hydrogen (secondary N) is 4. The first-order valence-corrected chi connectivity index (χ1v) is 12.2. The smallest absolute Gasteiger partial charge is 0.245 e. The second kappa shape index (κ2) is 14.5. The Kier molecular flexibility index (Phi) is 10.8. The van der Waals surface area contributed by atoms with E-state index < -0.39 is 42.1 Å². The molecule has 0 radical (unpaired) electrons. The van der Waals surface area contributed by atoms with Crippen LogP contribution in [0.3, 0.4) is 0 Å². The van der Waals surface area contributed by atoms with E-state index in [1.54, 1.807) is 0 Å². The van der Waals surface area contributed by atoms with Crippen molar-refractivity contribution in [3.05, 3.63) is 83.9 Å². The number of aryl methyl sites for hydroxylation is 1. The molecule has 3 aromatic rings. The van der Waals surface area contributed by atoms with Gasteiger partial charge in [-0.1, -0.05) is 72.8 Å². The van der Waals surface area contributed by atoms with Gasteiger partial charge in [0.15, 0.2) is 0 Å². The minimum absolute atomic E-state index is 0.0849. The second-order valence-corrected chi connectivity index (χ2v) is 8.72. The van der Waals surface area contributed by atoms with Gasteiger partial charge in [-0.25, -0.2) is 5.48 Å². The first kappa shape index (κ1) is 28.3. The monoisotopic (exact) mass is 520 g/mol. The van der Waals surface area contributed by atoms with Crippen LogP contribution in [0.15, 0.2) is 72.8 Å². The number of carbonyl (C=O) groups excluding carboxylic acids is 4. The number of fused-ring (bicyclic) bond motifs is 1. The van der Waals surface area contributed by atoms with Gasteiger partial charge in [-0.2, -0.15) is 0 Å². The molecule has 2 atom stereocenters. The molecular weight excluding hydrogens is 488 g/mol. The molecule has 0 aromatic heterocycles. The fourth-order valence-corrected chi connectivity index (χ4v) is 3.98. The van der Waals surface area contributed by atoms with Crippen molar-refractivity contribution in [2.24, 2.45) is 0 Å². The third-order valence-corrected chi connectivity index (χ3v) is 5.95. The van der Waals surface area contributed by atoms with Gasteiger partial charge in [-0.3, -0.25) is 24.4 Å². The summed E-state index contributed by atoms with van der Waals surface area (Å²) in [7, 11) is 1.39. The molecule has 5 N–H and O–H groups in total. The van der Waals surface area contributed by atoms with E-state index >= 15 is 0 Å². The molecule has 0 aliphatic rings. The van der Waals surface area contributed by atoms with Gasteiger partial charge >= 0.3 is 0 Å². The van der Waals surface area contributed by atoms with Crippen LogP contribution in [0, 0.1) is 0 Å². The predicted octanol–water partition coefficient (Wildman–Crippen LogP) is 1.60. The van der Waals surface area contributed by atoms with Crippen LogP contribution < -0.4 is 21.4 Å². The van der Waals surface area contributed by atoms with Crippen LogP contribution in [0.1, 0.15) is 24.0 Å². The molecule has 0 heterocycles. The van der Waals surface area contributed by atoms with Crippen molar-refractivity contribution in [3.8, 4) is 0 Å². The van der Waals surface area contributed by atoms with Gasteiger partial charge in [0, 0.05) is 20.1 Å². The Balaban J connectivity index is 1.63. The molecule has 0 unspecified atom stereocenters. The topological polar surface area (TPSA) is 146 Å². The molecule has 3 aromatic carbocycles. The summed E-state index contributed by atoms with van der Waals surface area (Å²) in [5, 5.41) is 18.8. The third-order valence-electron chi connectivity index (χ3n) is 5.95. The number of amides is 4. The predicted molar refractivity (Wildman–Crippen MR) is 141 cm³/mol. The summed E-state index contributed by atoms with van der Waals surface area (Å²) in [5.41, 5.74) is 3.31. The lowest BCUT2D eigenvalue weighted by molar-refractivity contribution is -0.136. The summed E-state index contributed by atoms with van der Waals surface area (Å²) in [6.45, 7) is 0.0941. The third kappa shape index (κ3) is 8.39. The lowest BCUT2D eigenvalue weighted by Gasteiger charge is -2.22. The molecule has 0 fully saturated rings. The molecule has 38 heavy (non-hydrogen) atoms. The van der Waals surface area contributed by atoms with E-state index in [9.17, 15) is 19.2 Å². The zero-order valence-corrected chi connectivity index (χ0v) is 21.1. The van der Waals surface area contributed by atoms with E-state index in [0.717, 1.165) is 21.9 Å². The average molecular weight is 521 g/mol. The summed E-state index contributed by atoms with van der Waals surface area (Å²) >= 11 is 0. The summed E-state index contributed by atoms with van der Waals surface area (Å²) in [4.78, 5) is 50.3. The van der Waals surface area contributed by atoms with Gasteiger partial charge in [-0.05, 0) is 28.3 Å². The molecule has 0 aliphatic heterocycles. The van der Waals surface area contributed by atoms with Crippen LogP contribution in [0.2, 0.25) is 0 Å². The van der Waals surface area contributed by atoms with Crippen LogP contribution in [0.25, 0.3) is 10.8 Å². The second-order valence-electron chi connectivity index (χ2n) is 8.72. The maximum absolute atomic E-state index is 13.0. The van der Waals surface area contributed by atoms with E-state index in [-0.39, 0.29) is 19.6 Å². The maximum atomic E-state index is 13.0. The number of hydroxylamine groups is 1. The fourth-order valence-electron chi connectivity index (χ4n) is 3.98. The van der Waals surface area contributed by atoms with E-state index in [1.165, 1.54) is 12.6 Å². The van der Waals surface area contributed by atoms with Gasteiger partial charge in [0.25, 0.3) is 0 Å². The highest BCUT2D eigenvalue weighted by Gasteiger charge is 2.28. The zero-order valence-electron chi connectivity index (χ0n) is 21.1. The Morgan fingerprint density at radius 1 is 0.816 bits per heavy atom. The van der Waals surface area contributed by atoms with Crippen LogP contribution in [-0.2, 0) is 36.9 Å². The number of carbonyl (C=O) groups is 4. The fraction of sp³-hybridized carbons (Fsp3) is 0.286. The van der Waals surface area contributed by atoms with Gasteiger partial charge in [0.05, 0.1) is 13.0 Å². The van der Waals surface area contributed by atoms with Crippen molar-refractivity contribution < 1.29 is 29.1 Å². The highest BCUT2D eigenvalue weighted by atomic mass is 16.5. The van der Waals surface area contributed by atoms with E-state index in [2.05, 4.69) is 16.0 Å². The Labute approximate surface area is 220 Å². The zero-order chi connectivity index (χ0) is 27.3. The van der Waals surface area contributed by atoms with Crippen LogP contribution in [-0.4, -0.2) is 54.6 Å². The van der Waals surface area contributed by atoms with Gasteiger partial charge in [0.1, 0.15) is 12.1 Å². The lowest BCUT2D eigenvalue weighted by Crippen LogP contribution is -2.56. The number of benzene rings is 3. The Bertz CT molecular complexity index is 1250. The number of hydrogen-bond donors (Lipinski definition) is 5. The van der Waals surface area contributed by atoms with Gasteiger partial charge < -0.3 is 20.7 Å². The first-order valence-electron chi connectivity index (χ1n) is 12.2. The molecule has 0 saturated carbocycles. The Hall–Kier alpha value is -4.28. The van der Waals surface area contributed by atoms with Gasteiger partial charge in [-0.15, -0.1) is 0 Å². The first-order chi connectivity index (χ1) is 18.4. The van der Waals surface area contributed by atoms with Crippen molar-refractivity contribution in [3.63, 3.8) is 0 Å². The summed E-state index contributed by atoms with van der Waals surface area (Å²) in [6.07, 6.45) is 0.00831. The Morgan fingerprint density at radius 2 is 1.53 bits per heavy atom. The molecular formula is C28H32N4O6. The van der Waals surface area contributed by atoms with E-state index in [4.69, 9.17) is 9.94 Å². The van der Waals surface area contributed by atoms with Crippen LogP contribution in [0.5, 0.6) is 0 Å². The van der Waals surface area contributed by atoms with Crippen LogP contribution in [0.4, 0.5) is 0 Å². The largest absolute Gasteiger partial charge is 0.382 e.